The van der Waals surface area contributed by atoms with E-state index < -0.39 is 12.2 Å². The van der Waals surface area contributed by atoms with E-state index in [2.05, 4.69) is 13.8 Å². The highest BCUT2D eigenvalue weighted by molar-refractivity contribution is 5.87. The number of rotatable bonds is 6. The number of nitrogens with zero attached hydrogens (tertiary/aromatic N) is 1. The van der Waals surface area contributed by atoms with Gasteiger partial charge in [-0.05, 0) is 60.1 Å². The molecule has 36 heavy (non-hydrogen) atoms. The van der Waals surface area contributed by atoms with Gasteiger partial charge < -0.3 is 14.6 Å². The fraction of sp³-hybridized carbons (Fsp3) is 0.448. The Morgan fingerprint density at radius 2 is 1.83 bits per heavy atom. The van der Waals surface area contributed by atoms with Crippen LogP contribution in [0.1, 0.15) is 57.9 Å². The number of amides is 1. The van der Waals surface area contributed by atoms with Crippen molar-refractivity contribution in [2.75, 3.05) is 11.9 Å². The average molecular weight is 496 g/mol. The predicted molar refractivity (Wildman–Crippen MR) is 136 cm³/mol. The molecule has 0 aromatic heterocycles. The first kappa shape index (κ1) is 25.9. The molecule has 3 unspecified atom stereocenters. The van der Waals surface area contributed by atoms with Gasteiger partial charge in [-0.25, -0.2) is 9.18 Å². The van der Waals surface area contributed by atoms with Gasteiger partial charge in [0, 0.05) is 25.6 Å². The number of anilines is 1. The van der Waals surface area contributed by atoms with Crippen LogP contribution in [0.3, 0.4) is 0 Å². The molecule has 192 valence electrons. The number of halogens is 1. The molecule has 1 aliphatic carbocycles. The van der Waals surface area contributed by atoms with Crippen LogP contribution in [0.2, 0.25) is 0 Å². The van der Waals surface area contributed by atoms with E-state index in [1.807, 2.05) is 30.3 Å². The number of aliphatic hydroxyl groups is 1. The van der Waals surface area contributed by atoms with Crippen molar-refractivity contribution < 1.29 is 28.6 Å². The van der Waals surface area contributed by atoms with Gasteiger partial charge >= 0.3 is 12.1 Å². The lowest BCUT2D eigenvalue weighted by Crippen LogP contribution is -2.37. The molecule has 3 atom stereocenters. The second-order valence-electron chi connectivity index (χ2n) is 10.4. The molecule has 1 saturated heterocycles. The Bertz CT molecular complexity index is 1110. The molecule has 7 heteroatoms. The number of para-hydroxylation sites is 1. The van der Waals surface area contributed by atoms with Crippen LogP contribution in [-0.4, -0.2) is 42.5 Å². The van der Waals surface area contributed by atoms with Crippen LogP contribution in [0, 0.1) is 11.2 Å². The van der Waals surface area contributed by atoms with E-state index >= 15 is 0 Å². The van der Waals surface area contributed by atoms with Crippen LogP contribution in [0.4, 0.5) is 14.9 Å². The number of carbonyl (C=O) groups excluding carboxylic acids is 2. The first-order chi connectivity index (χ1) is 17.1. The van der Waals surface area contributed by atoms with Gasteiger partial charge in [-0.3, -0.25) is 9.69 Å². The minimum atomic E-state index is -0.674. The van der Waals surface area contributed by atoms with E-state index in [9.17, 15) is 19.1 Å². The molecule has 0 radical (unpaired) electrons. The Kier molecular flexibility index (Phi) is 7.79. The molecule has 1 amide bonds. The van der Waals surface area contributed by atoms with Crippen LogP contribution in [0.5, 0.6) is 0 Å². The summed E-state index contributed by atoms with van der Waals surface area (Å²) < 4.78 is 25.1. The van der Waals surface area contributed by atoms with Gasteiger partial charge in [-0.1, -0.05) is 49.8 Å². The highest BCUT2D eigenvalue weighted by Gasteiger charge is 2.38. The van der Waals surface area contributed by atoms with Gasteiger partial charge in [-0.2, -0.15) is 0 Å². The summed E-state index contributed by atoms with van der Waals surface area (Å²) in [7, 11) is 1.69. The lowest BCUT2D eigenvalue weighted by atomic mass is 9.68. The largest absolute Gasteiger partial charge is 0.462 e. The molecule has 1 fully saturated rings. The molecule has 1 heterocycles. The third-order valence-electron chi connectivity index (χ3n) is 7.18. The monoisotopic (exact) mass is 495 g/mol. The van der Waals surface area contributed by atoms with Crippen LogP contribution in [-0.2, 0) is 14.3 Å². The standard InChI is InChI=1S/C29H34FNO5/c1-29(2)18-24(36-28(34)31(3)21-7-5-4-6-8-21)17-25(19-9-11-20(30)12-10-19)26(29)14-13-23-15-22(32)16-27(33)35-23/h4-12,22-24,32H,13-18H2,1-3H3. The zero-order valence-electron chi connectivity index (χ0n) is 21.1. The van der Waals surface area contributed by atoms with Crippen molar-refractivity contribution in [1.29, 1.82) is 0 Å². The van der Waals surface area contributed by atoms with Crippen molar-refractivity contribution >= 4 is 23.3 Å². The lowest BCUT2D eigenvalue weighted by molar-refractivity contribution is -0.160. The van der Waals surface area contributed by atoms with E-state index in [-0.39, 0.29) is 35.8 Å². The van der Waals surface area contributed by atoms with Crippen molar-refractivity contribution in [1.82, 2.24) is 0 Å². The third kappa shape index (κ3) is 6.13. The number of hydrogen-bond acceptors (Lipinski definition) is 5. The molecule has 2 aromatic carbocycles. The number of ether oxygens (including phenoxy) is 2. The SMILES string of the molecule is CN(C(=O)OC1CC(c2ccc(F)cc2)=C(CCC2CC(O)CC(=O)O2)C(C)(C)C1)c1ccccc1. The summed E-state index contributed by atoms with van der Waals surface area (Å²) in [6, 6.07) is 15.7. The summed E-state index contributed by atoms with van der Waals surface area (Å²) in [6.45, 7) is 4.24. The second-order valence-corrected chi connectivity index (χ2v) is 10.4. The van der Waals surface area contributed by atoms with Gasteiger partial charge in [0.1, 0.15) is 18.0 Å². The summed E-state index contributed by atoms with van der Waals surface area (Å²) >= 11 is 0. The fourth-order valence-corrected chi connectivity index (χ4v) is 5.36. The minimum Gasteiger partial charge on any atom is -0.462 e. The number of aliphatic hydroxyl groups excluding tert-OH is 1. The van der Waals surface area contributed by atoms with E-state index in [4.69, 9.17) is 9.47 Å². The molecule has 6 nitrogen and oxygen atoms in total. The fourth-order valence-electron chi connectivity index (χ4n) is 5.36. The highest BCUT2D eigenvalue weighted by atomic mass is 19.1. The second kappa shape index (κ2) is 10.8. The zero-order chi connectivity index (χ0) is 25.9. The Labute approximate surface area is 211 Å². The number of carbonyl (C=O) groups is 2. The Balaban J connectivity index is 1.57. The van der Waals surface area contributed by atoms with E-state index in [1.165, 1.54) is 22.6 Å². The summed E-state index contributed by atoms with van der Waals surface area (Å²) in [4.78, 5) is 26.2. The van der Waals surface area contributed by atoms with E-state index in [0.29, 0.717) is 32.1 Å². The van der Waals surface area contributed by atoms with Crippen molar-refractivity contribution in [3.8, 4) is 0 Å². The number of benzene rings is 2. The van der Waals surface area contributed by atoms with E-state index in [0.717, 1.165) is 16.8 Å². The zero-order valence-corrected chi connectivity index (χ0v) is 21.1. The Hall–Kier alpha value is -3.19. The maximum atomic E-state index is 13.7. The molecule has 1 aliphatic heterocycles. The molecular weight excluding hydrogens is 461 g/mol. The van der Waals surface area contributed by atoms with Gasteiger partial charge in [0.15, 0.2) is 0 Å². The number of allylic oxidation sites excluding steroid dienone is 1. The molecule has 1 N–H and O–H groups in total. The maximum absolute atomic E-state index is 13.7. The summed E-state index contributed by atoms with van der Waals surface area (Å²) in [6.07, 6.45) is 1.07. The minimum absolute atomic E-state index is 0.0377. The summed E-state index contributed by atoms with van der Waals surface area (Å²) in [5, 5.41) is 9.99. The number of cyclic esters (lactones) is 1. The molecule has 2 aromatic rings. The van der Waals surface area contributed by atoms with Gasteiger partial charge in [-0.15, -0.1) is 0 Å². The molecule has 0 saturated carbocycles. The van der Waals surface area contributed by atoms with Crippen LogP contribution in [0.25, 0.3) is 5.57 Å². The van der Waals surface area contributed by atoms with Gasteiger partial charge in [0.2, 0.25) is 0 Å². The Morgan fingerprint density at radius 1 is 1.14 bits per heavy atom. The maximum Gasteiger partial charge on any atom is 0.414 e. The molecular formula is C29H34FNO5. The number of hydrogen-bond donors (Lipinski definition) is 1. The lowest BCUT2D eigenvalue weighted by Gasteiger charge is -2.40. The Morgan fingerprint density at radius 3 is 2.50 bits per heavy atom. The van der Waals surface area contributed by atoms with Crippen LogP contribution in [0.15, 0.2) is 60.2 Å². The quantitative estimate of drug-likeness (QED) is 0.506. The molecule has 2 aliphatic rings. The number of esters is 1. The smallest absolute Gasteiger partial charge is 0.414 e. The first-order valence-electron chi connectivity index (χ1n) is 12.5. The van der Waals surface area contributed by atoms with Crippen molar-refractivity contribution in [2.45, 2.75) is 70.7 Å². The molecule has 4 rings (SSSR count). The summed E-state index contributed by atoms with van der Waals surface area (Å²) in [5.74, 6) is -0.685. The molecule has 0 spiro atoms. The van der Waals surface area contributed by atoms with Gasteiger partial charge in [0.25, 0.3) is 0 Å². The van der Waals surface area contributed by atoms with Crippen LogP contribution >= 0.6 is 0 Å². The normalized spacial score (nSPS) is 23.7. The third-order valence-corrected chi connectivity index (χ3v) is 7.18. The highest BCUT2D eigenvalue weighted by Crippen LogP contribution is 2.47. The topological polar surface area (TPSA) is 76.1 Å². The van der Waals surface area contributed by atoms with Crippen LogP contribution < -0.4 is 4.90 Å². The van der Waals surface area contributed by atoms with Crippen molar-refractivity contribution in [3.63, 3.8) is 0 Å². The molecule has 0 bridgehead atoms. The van der Waals surface area contributed by atoms with E-state index in [1.54, 1.807) is 19.2 Å². The van der Waals surface area contributed by atoms with Gasteiger partial charge in [0.05, 0.1) is 12.5 Å². The first-order valence-corrected chi connectivity index (χ1v) is 12.5. The predicted octanol–water partition coefficient (Wildman–Crippen LogP) is 5.89. The van der Waals surface area contributed by atoms with Crippen molar-refractivity contribution in [2.24, 2.45) is 5.41 Å². The van der Waals surface area contributed by atoms with Crippen molar-refractivity contribution in [3.05, 3.63) is 71.6 Å². The summed E-state index contributed by atoms with van der Waals surface area (Å²) in [5.41, 5.74) is 3.52. The average Bonchev–Trinajstić information content (AvgIpc) is 2.82.